The van der Waals surface area contributed by atoms with Crippen molar-refractivity contribution in [2.75, 3.05) is 0 Å². The van der Waals surface area contributed by atoms with Gasteiger partial charge in [0.2, 0.25) is 0 Å². The molecule has 0 aliphatic heterocycles. The minimum absolute atomic E-state index is 0.309. The zero-order chi connectivity index (χ0) is 13.1. The molecule has 2 aromatic rings. The highest BCUT2D eigenvalue weighted by Crippen LogP contribution is 2.32. The van der Waals surface area contributed by atoms with Gasteiger partial charge >= 0.3 is 0 Å². The van der Waals surface area contributed by atoms with E-state index >= 15 is 0 Å². The molecule has 0 aliphatic rings. The molecule has 0 fully saturated rings. The maximum Gasteiger partial charge on any atom is 0.141 e. The van der Waals surface area contributed by atoms with E-state index in [0.29, 0.717) is 16.0 Å². The van der Waals surface area contributed by atoms with E-state index in [1.54, 1.807) is 12.1 Å². The molecule has 94 valence electrons. The molecule has 0 saturated carbocycles. The van der Waals surface area contributed by atoms with E-state index in [1.165, 1.54) is 6.07 Å². The average Bonchev–Trinajstić information content (AvgIpc) is 2.36. The fourth-order valence-electron chi connectivity index (χ4n) is 1.38. The standard InChI is InChI=1S/C13H8Br3FO/c14-7-8-1-4-13(11(16)5-8)18-9-2-3-12(17)10(15)6-9/h1-6H,7H2. The van der Waals surface area contributed by atoms with Crippen molar-refractivity contribution >= 4 is 47.8 Å². The summed E-state index contributed by atoms with van der Waals surface area (Å²) in [6.45, 7) is 0. The fourth-order valence-corrected chi connectivity index (χ4v) is 2.59. The molecule has 0 aliphatic carbocycles. The van der Waals surface area contributed by atoms with Gasteiger partial charge in [-0.05, 0) is 67.8 Å². The number of ether oxygens (including phenoxy) is 1. The largest absolute Gasteiger partial charge is 0.456 e. The minimum Gasteiger partial charge on any atom is -0.456 e. The topological polar surface area (TPSA) is 9.23 Å². The Kier molecular flexibility index (Phi) is 4.81. The Morgan fingerprint density at radius 3 is 2.39 bits per heavy atom. The summed E-state index contributed by atoms with van der Waals surface area (Å²) in [6.07, 6.45) is 0. The normalized spacial score (nSPS) is 10.4. The second-order valence-electron chi connectivity index (χ2n) is 3.58. The van der Waals surface area contributed by atoms with Crippen LogP contribution in [0.25, 0.3) is 0 Å². The first-order valence-corrected chi connectivity index (χ1v) is 7.78. The van der Waals surface area contributed by atoms with Crippen LogP contribution in [0.3, 0.4) is 0 Å². The van der Waals surface area contributed by atoms with Gasteiger partial charge in [-0.1, -0.05) is 22.0 Å². The molecule has 0 heterocycles. The van der Waals surface area contributed by atoms with E-state index in [0.717, 1.165) is 15.4 Å². The first-order valence-electron chi connectivity index (χ1n) is 5.07. The Morgan fingerprint density at radius 1 is 1.00 bits per heavy atom. The van der Waals surface area contributed by atoms with Crippen molar-refractivity contribution in [1.29, 1.82) is 0 Å². The smallest absolute Gasteiger partial charge is 0.141 e. The van der Waals surface area contributed by atoms with Crippen molar-refractivity contribution in [2.45, 2.75) is 5.33 Å². The Bertz CT molecular complexity index is 572. The Hall–Kier alpha value is -0.390. The maximum atomic E-state index is 13.1. The first kappa shape index (κ1) is 14.0. The second kappa shape index (κ2) is 6.17. The Balaban J connectivity index is 2.25. The molecule has 0 saturated heterocycles. The molecular formula is C13H8Br3FO. The number of benzene rings is 2. The van der Waals surface area contributed by atoms with Crippen LogP contribution in [0.15, 0.2) is 45.3 Å². The zero-order valence-electron chi connectivity index (χ0n) is 9.09. The summed E-state index contributed by atoms with van der Waals surface area (Å²) in [5.41, 5.74) is 1.15. The van der Waals surface area contributed by atoms with Crippen molar-refractivity contribution in [3.05, 3.63) is 56.7 Å². The van der Waals surface area contributed by atoms with Crippen LogP contribution in [-0.2, 0) is 5.33 Å². The summed E-state index contributed by atoms with van der Waals surface area (Å²) in [4.78, 5) is 0. The summed E-state index contributed by atoms with van der Waals surface area (Å²) in [7, 11) is 0. The van der Waals surface area contributed by atoms with E-state index in [2.05, 4.69) is 47.8 Å². The molecule has 18 heavy (non-hydrogen) atoms. The molecular weight excluding hydrogens is 431 g/mol. The van der Waals surface area contributed by atoms with E-state index in [-0.39, 0.29) is 5.82 Å². The molecule has 2 rings (SSSR count). The zero-order valence-corrected chi connectivity index (χ0v) is 13.8. The monoisotopic (exact) mass is 436 g/mol. The van der Waals surface area contributed by atoms with Crippen molar-refractivity contribution < 1.29 is 9.13 Å². The Morgan fingerprint density at radius 2 is 1.78 bits per heavy atom. The molecule has 0 bridgehead atoms. The quantitative estimate of drug-likeness (QED) is 0.531. The average molecular weight is 439 g/mol. The van der Waals surface area contributed by atoms with Gasteiger partial charge in [0.25, 0.3) is 0 Å². The molecule has 1 nitrogen and oxygen atoms in total. The van der Waals surface area contributed by atoms with Gasteiger partial charge in [0.05, 0.1) is 8.95 Å². The van der Waals surface area contributed by atoms with Crippen LogP contribution < -0.4 is 4.74 Å². The molecule has 0 radical (unpaired) electrons. The Labute approximate surface area is 130 Å². The van der Waals surface area contributed by atoms with Gasteiger partial charge in [-0.25, -0.2) is 4.39 Å². The highest BCUT2D eigenvalue weighted by atomic mass is 79.9. The maximum absolute atomic E-state index is 13.1. The number of hydrogen-bond donors (Lipinski definition) is 0. The second-order valence-corrected chi connectivity index (χ2v) is 5.85. The van der Waals surface area contributed by atoms with Crippen LogP contribution in [0.2, 0.25) is 0 Å². The molecule has 2 aromatic carbocycles. The summed E-state index contributed by atoms with van der Waals surface area (Å²) in [5.74, 6) is 0.963. The molecule has 5 heteroatoms. The van der Waals surface area contributed by atoms with Gasteiger partial charge in [0.1, 0.15) is 17.3 Å². The molecule has 0 atom stereocenters. The van der Waals surface area contributed by atoms with E-state index in [1.807, 2.05) is 18.2 Å². The van der Waals surface area contributed by atoms with Crippen molar-refractivity contribution in [1.82, 2.24) is 0 Å². The molecule has 0 unspecified atom stereocenters. The molecule has 0 aromatic heterocycles. The lowest BCUT2D eigenvalue weighted by Crippen LogP contribution is -1.88. The molecule has 0 spiro atoms. The fraction of sp³-hybridized carbons (Fsp3) is 0.0769. The number of halogens is 4. The SMILES string of the molecule is Fc1ccc(Oc2ccc(CBr)cc2Br)cc1Br. The highest BCUT2D eigenvalue weighted by Gasteiger charge is 2.06. The van der Waals surface area contributed by atoms with Gasteiger partial charge in [-0.3, -0.25) is 0 Å². The van der Waals surface area contributed by atoms with Gasteiger partial charge in [-0.15, -0.1) is 0 Å². The third-order valence-corrected chi connectivity index (χ3v) is 4.14. The van der Waals surface area contributed by atoms with Crippen LogP contribution in [0.4, 0.5) is 4.39 Å². The number of hydrogen-bond acceptors (Lipinski definition) is 1. The third-order valence-electron chi connectivity index (χ3n) is 2.27. The van der Waals surface area contributed by atoms with Crippen molar-refractivity contribution in [3.63, 3.8) is 0 Å². The summed E-state index contributed by atoms with van der Waals surface area (Å²) < 4.78 is 20.0. The van der Waals surface area contributed by atoms with Crippen LogP contribution in [0.1, 0.15) is 5.56 Å². The van der Waals surface area contributed by atoms with Crippen LogP contribution in [0.5, 0.6) is 11.5 Å². The van der Waals surface area contributed by atoms with Crippen molar-refractivity contribution in [2.24, 2.45) is 0 Å². The predicted molar refractivity (Wildman–Crippen MR) is 80.9 cm³/mol. The van der Waals surface area contributed by atoms with Gasteiger partial charge in [0.15, 0.2) is 0 Å². The summed E-state index contributed by atoms with van der Waals surface area (Å²) >= 11 is 9.97. The van der Waals surface area contributed by atoms with Gasteiger partial charge in [-0.2, -0.15) is 0 Å². The third kappa shape index (κ3) is 3.33. The van der Waals surface area contributed by atoms with Crippen LogP contribution >= 0.6 is 47.8 Å². The number of rotatable bonds is 3. The highest BCUT2D eigenvalue weighted by molar-refractivity contribution is 9.11. The van der Waals surface area contributed by atoms with Gasteiger partial charge in [0, 0.05) is 5.33 Å². The molecule has 0 amide bonds. The summed E-state index contributed by atoms with van der Waals surface area (Å²) in [6, 6.07) is 10.4. The first-order chi connectivity index (χ1) is 8.60. The lowest BCUT2D eigenvalue weighted by molar-refractivity contribution is 0.476. The molecule has 0 N–H and O–H groups in total. The summed E-state index contributed by atoms with van der Waals surface area (Å²) in [5, 5.41) is 0.786. The predicted octanol–water partition coefficient (Wildman–Crippen LogP) is 6.04. The van der Waals surface area contributed by atoms with Crippen molar-refractivity contribution in [3.8, 4) is 11.5 Å². The minimum atomic E-state index is -0.309. The van der Waals surface area contributed by atoms with Crippen LogP contribution in [-0.4, -0.2) is 0 Å². The van der Waals surface area contributed by atoms with E-state index in [9.17, 15) is 4.39 Å². The van der Waals surface area contributed by atoms with E-state index in [4.69, 9.17) is 4.74 Å². The number of alkyl halides is 1. The van der Waals surface area contributed by atoms with Gasteiger partial charge < -0.3 is 4.74 Å². The van der Waals surface area contributed by atoms with Crippen LogP contribution in [0, 0.1) is 5.82 Å². The lowest BCUT2D eigenvalue weighted by atomic mass is 10.2. The lowest BCUT2D eigenvalue weighted by Gasteiger charge is -2.09. The van der Waals surface area contributed by atoms with E-state index < -0.39 is 0 Å².